The zero-order chi connectivity index (χ0) is 17.5. The summed E-state index contributed by atoms with van der Waals surface area (Å²) >= 11 is 0. The van der Waals surface area contributed by atoms with Gasteiger partial charge in [-0.2, -0.15) is 0 Å². The molecule has 0 aliphatic rings. The molecule has 0 spiro atoms. The molecule has 24 heavy (non-hydrogen) atoms. The first-order valence-corrected chi connectivity index (χ1v) is 7.49. The second-order valence-electron chi connectivity index (χ2n) is 5.39. The van der Waals surface area contributed by atoms with Crippen molar-refractivity contribution in [1.29, 1.82) is 0 Å². The summed E-state index contributed by atoms with van der Waals surface area (Å²) in [5, 5.41) is 7.64. The second kappa shape index (κ2) is 7.96. The Morgan fingerprint density at radius 1 is 1.04 bits per heavy atom. The predicted octanol–water partition coefficient (Wildman–Crippen LogP) is 1.67. The van der Waals surface area contributed by atoms with Crippen molar-refractivity contribution in [2.24, 2.45) is 0 Å². The van der Waals surface area contributed by atoms with Crippen molar-refractivity contribution in [1.82, 2.24) is 10.6 Å². The number of para-hydroxylation sites is 1. The number of anilines is 1. The third kappa shape index (κ3) is 4.70. The van der Waals surface area contributed by atoms with Crippen LogP contribution in [0.2, 0.25) is 0 Å². The summed E-state index contributed by atoms with van der Waals surface area (Å²) in [5.74, 6) is -1.46. The molecule has 2 aromatic rings. The van der Waals surface area contributed by atoms with Crippen molar-refractivity contribution < 1.29 is 18.8 Å². The fourth-order valence-electron chi connectivity index (χ4n) is 1.97. The minimum atomic E-state index is -0.855. The molecule has 1 heterocycles. The molecule has 1 aromatic heterocycles. The van der Waals surface area contributed by atoms with Crippen molar-refractivity contribution in [3.63, 3.8) is 0 Å². The van der Waals surface area contributed by atoms with Gasteiger partial charge in [-0.05, 0) is 38.1 Å². The highest BCUT2D eigenvalue weighted by atomic mass is 16.3. The lowest BCUT2D eigenvalue weighted by atomic mass is 10.1. The van der Waals surface area contributed by atoms with Crippen LogP contribution >= 0.6 is 0 Å². The monoisotopic (exact) mass is 329 g/mol. The molecule has 0 bridgehead atoms. The lowest BCUT2D eigenvalue weighted by Crippen LogP contribution is -2.36. The Balaban J connectivity index is 2.00. The Labute approximate surface area is 139 Å². The first kappa shape index (κ1) is 17.3. The first-order chi connectivity index (χ1) is 11.5. The van der Waals surface area contributed by atoms with Gasteiger partial charge < -0.3 is 20.4 Å². The predicted molar refractivity (Wildman–Crippen MR) is 88.2 cm³/mol. The Bertz CT molecular complexity index is 723. The number of amides is 3. The van der Waals surface area contributed by atoms with Crippen LogP contribution in [0.4, 0.5) is 5.69 Å². The molecule has 0 saturated heterocycles. The number of nitrogens with one attached hydrogen (secondary N) is 3. The summed E-state index contributed by atoms with van der Waals surface area (Å²) in [5.41, 5.74) is 0.562. The van der Waals surface area contributed by atoms with Gasteiger partial charge in [0, 0.05) is 6.04 Å². The standard InChI is InChI=1S/C17H19N3O4/c1-11(2)19-15(21)13-7-3-4-8-14(13)20-17(23)16(22)18-10-12-6-5-9-24-12/h3-9,11H,10H2,1-2H3,(H,18,22)(H,19,21)(H,20,23). The zero-order valence-corrected chi connectivity index (χ0v) is 13.5. The van der Waals surface area contributed by atoms with Crippen LogP contribution in [0, 0.1) is 0 Å². The minimum Gasteiger partial charge on any atom is -0.467 e. The molecule has 0 unspecified atom stereocenters. The maximum Gasteiger partial charge on any atom is 0.313 e. The molecule has 7 nitrogen and oxygen atoms in total. The summed E-state index contributed by atoms with van der Waals surface area (Å²) in [6.45, 7) is 3.77. The van der Waals surface area contributed by atoms with Gasteiger partial charge in [-0.3, -0.25) is 14.4 Å². The highest BCUT2D eigenvalue weighted by molar-refractivity contribution is 6.40. The van der Waals surface area contributed by atoms with Gasteiger partial charge in [0.25, 0.3) is 5.91 Å². The molecule has 0 fully saturated rings. The van der Waals surface area contributed by atoms with Crippen LogP contribution in [0.5, 0.6) is 0 Å². The van der Waals surface area contributed by atoms with Gasteiger partial charge in [0.1, 0.15) is 5.76 Å². The molecule has 0 atom stereocenters. The Hall–Kier alpha value is -3.09. The Morgan fingerprint density at radius 3 is 2.46 bits per heavy atom. The van der Waals surface area contributed by atoms with Crippen LogP contribution in [-0.4, -0.2) is 23.8 Å². The molecule has 7 heteroatoms. The molecule has 3 amide bonds. The van der Waals surface area contributed by atoms with E-state index in [2.05, 4.69) is 16.0 Å². The number of benzene rings is 1. The number of carbonyl (C=O) groups is 3. The van der Waals surface area contributed by atoms with Gasteiger partial charge in [0.05, 0.1) is 24.1 Å². The maximum absolute atomic E-state index is 12.1. The fourth-order valence-corrected chi connectivity index (χ4v) is 1.97. The molecule has 2 rings (SSSR count). The molecule has 126 valence electrons. The Morgan fingerprint density at radius 2 is 1.79 bits per heavy atom. The van der Waals surface area contributed by atoms with Crippen molar-refractivity contribution in [3.05, 3.63) is 54.0 Å². The largest absolute Gasteiger partial charge is 0.467 e. The second-order valence-corrected chi connectivity index (χ2v) is 5.39. The van der Waals surface area contributed by atoms with E-state index in [9.17, 15) is 14.4 Å². The van der Waals surface area contributed by atoms with E-state index in [4.69, 9.17) is 4.42 Å². The van der Waals surface area contributed by atoms with Crippen LogP contribution in [0.1, 0.15) is 30.0 Å². The third-order valence-corrected chi connectivity index (χ3v) is 3.05. The molecule has 0 saturated carbocycles. The van der Waals surface area contributed by atoms with Crippen LogP contribution in [0.3, 0.4) is 0 Å². The van der Waals surface area contributed by atoms with Crippen LogP contribution in [0.15, 0.2) is 47.1 Å². The average Bonchev–Trinajstić information content (AvgIpc) is 3.05. The summed E-state index contributed by atoms with van der Waals surface area (Å²) in [7, 11) is 0. The number of carbonyl (C=O) groups excluding carboxylic acids is 3. The maximum atomic E-state index is 12.1. The van der Waals surface area contributed by atoms with Crippen LogP contribution in [0.25, 0.3) is 0 Å². The van der Waals surface area contributed by atoms with Gasteiger partial charge >= 0.3 is 11.8 Å². The normalized spacial score (nSPS) is 10.3. The summed E-state index contributed by atoms with van der Waals surface area (Å²) < 4.78 is 5.07. The molecule has 3 N–H and O–H groups in total. The van der Waals surface area contributed by atoms with E-state index in [1.807, 2.05) is 13.8 Å². The molecular weight excluding hydrogens is 310 g/mol. The van der Waals surface area contributed by atoms with Crippen LogP contribution in [-0.2, 0) is 16.1 Å². The lowest BCUT2D eigenvalue weighted by Gasteiger charge is -2.13. The fraction of sp³-hybridized carbons (Fsp3) is 0.235. The molecular formula is C17H19N3O4. The smallest absolute Gasteiger partial charge is 0.313 e. The number of rotatable bonds is 5. The van der Waals surface area contributed by atoms with Gasteiger partial charge in [0.15, 0.2) is 0 Å². The summed E-state index contributed by atoms with van der Waals surface area (Å²) in [6.07, 6.45) is 1.48. The van der Waals surface area contributed by atoms with Crippen molar-refractivity contribution in [3.8, 4) is 0 Å². The Kier molecular flexibility index (Phi) is 5.73. The highest BCUT2D eigenvalue weighted by Crippen LogP contribution is 2.15. The number of hydrogen-bond acceptors (Lipinski definition) is 4. The highest BCUT2D eigenvalue weighted by Gasteiger charge is 2.18. The zero-order valence-electron chi connectivity index (χ0n) is 13.5. The lowest BCUT2D eigenvalue weighted by molar-refractivity contribution is -0.136. The molecule has 0 radical (unpaired) electrons. The van der Waals surface area contributed by atoms with E-state index in [0.717, 1.165) is 0 Å². The number of hydrogen-bond donors (Lipinski definition) is 3. The van der Waals surface area contributed by atoms with E-state index in [-0.39, 0.29) is 24.2 Å². The SMILES string of the molecule is CC(C)NC(=O)c1ccccc1NC(=O)C(=O)NCc1ccco1. The van der Waals surface area contributed by atoms with Crippen molar-refractivity contribution in [2.75, 3.05) is 5.32 Å². The van der Waals surface area contributed by atoms with E-state index < -0.39 is 11.8 Å². The van der Waals surface area contributed by atoms with E-state index in [1.54, 1.807) is 36.4 Å². The summed E-state index contributed by atoms with van der Waals surface area (Å²) in [6, 6.07) is 9.82. The van der Waals surface area contributed by atoms with Gasteiger partial charge in [-0.25, -0.2) is 0 Å². The molecule has 0 aliphatic carbocycles. The van der Waals surface area contributed by atoms with Crippen LogP contribution < -0.4 is 16.0 Å². The van der Waals surface area contributed by atoms with Gasteiger partial charge in [-0.1, -0.05) is 12.1 Å². The summed E-state index contributed by atoms with van der Waals surface area (Å²) in [4.78, 5) is 36.0. The van der Waals surface area contributed by atoms with Crippen molar-refractivity contribution in [2.45, 2.75) is 26.4 Å². The van der Waals surface area contributed by atoms with E-state index >= 15 is 0 Å². The number of furan rings is 1. The van der Waals surface area contributed by atoms with Crippen molar-refractivity contribution >= 4 is 23.4 Å². The van der Waals surface area contributed by atoms with Gasteiger partial charge in [0.2, 0.25) is 0 Å². The topological polar surface area (TPSA) is 100 Å². The first-order valence-electron chi connectivity index (χ1n) is 7.49. The van der Waals surface area contributed by atoms with E-state index in [0.29, 0.717) is 11.3 Å². The average molecular weight is 329 g/mol. The minimum absolute atomic E-state index is 0.0437. The molecule has 0 aliphatic heterocycles. The molecule has 1 aromatic carbocycles. The third-order valence-electron chi connectivity index (χ3n) is 3.05. The quantitative estimate of drug-likeness (QED) is 0.726. The van der Waals surface area contributed by atoms with E-state index in [1.165, 1.54) is 6.26 Å². The van der Waals surface area contributed by atoms with Gasteiger partial charge in [-0.15, -0.1) is 0 Å².